The highest BCUT2D eigenvalue weighted by Gasteiger charge is 2.29. The number of piperidine rings is 1. The van der Waals surface area contributed by atoms with E-state index in [9.17, 15) is 4.79 Å². The van der Waals surface area contributed by atoms with Crippen molar-refractivity contribution in [1.82, 2.24) is 24.3 Å². The topological polar surface area (TPSA) is 44.6 Å². The van der Waals surface area contributed by atoms with Crippen molar-refractivity contribution in [2.75, 3.05) is 45.8 Å². The highest BCUT2D eigenvalue weighted by Crippen LogP contribution is 2.22. The number of imidazole rings is 1. The number of hydrogen-bond acceptors (Lipinski definition) is 4. The van der Waals surface area contributed by atoms with Crippen molar-refractivity contribution < 1.29 is 4.79 Å². The largest absolute Gasteiger partial charge is 0.341 e. The number of aryl methyl sites for hydroxylation is 3. The Kier molecular flexibility index (Phi) is 5.93. The molecular formula is C23H35N5O. The molecule has 4 rings (SSSR count). The molecule has 0 spiro atoms. The molecule has 1 amide bonds. The molecule has 0 radical (unpaired) electrons. The van der Waals surface area contributed by atoms with Crippen LogP contribution in [0.5, 0.6) is 0 Å². The number of nitrogens with zero attached hydrogens (tertiary/aromatic N) is 5. The van der Waals surface area contributed by atoms with Gasteiger partial charge in [0.15, 0.2) is 0 Å². The van der Waals surface area contributed by atoms with E-state index in [1.807, 2.05) is 6.92 Å². The number of carbonyl (C=O) groups is 1. The first-order chi connectivity index (χ1) is 14.0. The number of likely N-dealkylation sites (tertiary alicyclic amines) is 1. The zero-order chi connectivity index (χ0) is 20.5. The van der Waals surface area contributed by atoms with Gasteiger partial charge in [-0.2, -0.15) is 0 Å². The van der Waals surface area contributed by atoms with Crippen molar-refractivity contribution in [3.8, 4) is 0 Å². The van der Waals surface area contributed by atoms with Gasteiger partial charge in [-0.1, -0.05) is 6.92 Å². The number of rotatable bonds is 4. The van der Waals surface area contributed by atoms with E-state index in [2.05, 4.69) is 57.2 Å². The number of piperazine rings is 1. The molecule has 2 fully saturated rings. The molecule has 2 aromatic rings. The summed E-state index contributed by atoms with van der Waals surface area (Å²) in [6.07, 6.45) is 2.19. The minimum Gasteiger partial charge on any atom is -0.341 e. The number of benzene rings is 1. The quantitative estimate of drug-likeness (QED) is 0.796. The van der Waals surface area contributed by atoms with Gasteiger partial charge in [0.2, 0.25) is 5.91 Å². The van der Waals surface area contributed by atoms with E-state index >= 15 is 0 Å². The molecule has 0 bridgehead atoms. The Labute approximate surface area is 174 Å². The molecule has 0 unspecified atom stereocenters. The number of aromatic nitrogens is 2. The maximum absolute atomic E-state index is 13.0. The Hall–Kier alpha value is -1.92. The Morgan fingerprint density at radius 2 is 1.66 bits per heavy atom. The average molecular weight is 398 g/mol. The van der Waals surface area contributed by atoms with Crippen molar-refractivity contribution in [3.63, 3.8) is 0 Å². The first-order valence-electron chi connectivity index (χ1n) is 11.1. The third-order valence-electron chi connectivity index (χ3n) is 7.04. The number of likely N-dealkylation sites (N-methyl/N-ethyl adjacent to an activating group) is 1. The van der Waals surface area contributed by atoms with Gasteiger partial charge in [0.05, 0.1) is 11.0 Å². The molecule has 0 saturated carbocycles. The van der Waals surface area contributed by atoms with E-state index in [1.165, 1.54) is 37.3 Å². The number of amides is 1. The molecule has 6 nitrogen and oxygen atoms in total. The summed E-state index contributed by atoms with van der Waals surface area (Å²) in [6, 6.07) is 4.93. The van der Waals surface area contributed by atoms with E-state index in [1.54, 1.807) is 0 Å². The van der Waals surface area contributed by atoms with Crippen LogP contribution in [0.1, 0.15) is 36.7 Å². The number of carbonyl (C=O) groups excluding carboxylic acids is 1. The van der Waals surface area contributed by atoms with Crippen LogP contribution in [-0.2, 0) is 11.3 Å². The Morgan fingerprint density at radius 3 is 2.31 bits per heavy atom. The lowest BCUT2D eigenvalue weighted by molar-refractivity contribution is -0.133. The van der Waals surface area contributed by atoms with Crippen LogP contribution in [0.2, 0.25) is 0 Å². The van der Waals surface area contributed by atoms with Crippen LogP contribution < -0.4 is 0 Å². The van der Waals surface area contributed by atoms with E-state index < -0.39 is 0 Å². The zero-order valence-electron chi connectivity index (χ0n) is 18.4. The minimum atomic E-state index is 0.222. The van der Waals surface area contributed by atoms with Crippen molar-refractivity contribution in [2.24, 2.45) is 0 Å². The van der Waals surface area contributed by atoms with Crippen LogP contribution in [-0.4, -0.2) is 82.0 Å². The second kappa shape index (κ2) is 8.44. The predicted octanol–water partition coefficient (Wildman–Crippen LogP) is 2.59. The zero-order valence-corrected chi connectivity index (χ0v) is 18.4. The van der Waals surface area contributed by atoms with E-state index in [0.29, 0.717) is 12.6 Å². The van der Waals surface area contributed by atoms with Gasteiger partial charge < -0.3 is 14.4 Å². The molecule has 6 heteroatoms. The molecule has 0 atom stereocenters. The molecule has 158 valence electrons. The van der Waals surface area contributed by atoms with Crippen molar-refractivity contribution in [1.29, 1.82) is 0 Å². The lowest BCUT2D eigenvalue weighted by Crippen LogP contribution is -2.53. The maximum atomic E-state index is 13.0. The first-order valence-corrected chi connectivity index (χ1v) is 11.1. The normalized spacial score (nSPS) is 19.9. The summed E-state index contributed by atoms with van der Waals surface area (Å²) in [7, 11) is 0. The van der Waals surface area contributed by atoms with Gasteiger partial charge in [-0.3, -0.25) is 9.69 Å². The average Bonchev–Trinajstić information content (AvgIpc) is 3.02. The van der Waals surface area contributed by atoms with Crippen molar-refractivity contribution >= 4 is 16.9 Å². The summed E-state index contributed by atoms with van der Waals surface area (Å²) in [5.74, 6) is 1.14. The molecular weight excluding hydrogens is 362 g/mol. The third kappa shape index (κ3) is 4.19. The molecule has 1 aromatic heterocycles. The molecule has 2 aliphatic heterocycles. The van der Waals surface area contributed by atoms with Gasteiger partial charge in [0.25, 0.3) is 0 Å². The van der Waals surface area contributed by atoms with Gasteiger partial charge in [0.1, 0.15) is 12.4 Å². The van der Waals surface area contributed by atoms with Crippen molar-refractivity contribution in [2.45, 2.75) is 53.1 Å². The lowest BCUT2D eigenvalue weighted by atomic mass is 10.0. The van der Waals surface area contributed by atoms with Crippen LogP contribution in [0.25, 0.3) is 11.0 Å². The molecule has 3 heterocycles. The fraction of sp³-hybridized carbons (Fsp3) is 0.652. The summed E-state index contributed by atoms with van der Waals surface area (Å²) in [5, 5.41) is 0. The standard InChI is InChI=1S/C23H35N5O/c1-5-25-10-12-26(13-11-25)20-6-8-27(9-7-20)23(29)16-28-19(4)24-21-14-17(2)18(3)15-22(21)28/h14-15,20H,5-13,16H2,1-4H3. The number of fused-ring (bicyclic) bond motifs is 1. The minimum absolute atomic E-state index is 0.222. The fourth-order valence-electron chi connectivity index (χ4n) is 4.86. The molecule has 2 saturated heterocycles. The monoisotopic (exact) mass is 397 g/mol. The predicted molar refractivity (Wildman–Crippen MR) is 117 cm³/mol. The van der Waals surface area contributed by atoms with Crippen LogP contribution in [0.4, 0.5) is 0 Å². The Balaban J connectivity index is 1.37. The summed E-state index contributed by atoms with van der Waals surface area (Å²) < 4.78 is 2.08. The van der Waals surface area contributed by atoms with Gasteiger partial charge in [-0.25, -0.2) is 4.98 Å². The molecule has 29 heavy (non-hydrogen) atoms. The SMILES string of the molecule is CCN1CCN(C2CCN(C(=O)Cn3c(C)nc4cc(C)c(C)cc43)CC2)CC1. The highest BCUT2D eigenvalue weighted by atomic mass is 16.2. The summed E-state index contributed by atoms with van der Waals surface area (Å²) in [6.45, 7) is 16.5. The third-order valence-corrected chi connectivity index (χ3v) is 7.04. The smallest absolute Gasteiger partial charge is 0.242 e. The molecule has 0 aliphatic carbocycles. The van der Waals surface area contributed by atoms with E-state index in [0.717, 1.165) is 49.3 Å². The van der Waals surface area contributed by atoms with Gasteiger partial charge in [0, 0.05) is 45.3 Å². The molecule has 1 aromatic carbocycles. The van der Waals surface area contributed by atoms with Crippen LogP contribution in [0.3, 0.4) is 0 Å². The van der Waals surface area contributed by atoms with Crippen LogP contribution >= 0.6 is 0 Å². The summed E-state index contributed by atoms with van der Waals surface area (Å²) in [5.41, 5.74) is 4.55. The van der Waals surface area contributed by atoms with Gasteiger partial charge in [-0.15, -0.1) is 0 Å². The van der Waals surface area contributed by atoms with Gasteiger partial charge in [-0.05, 0) is 63.4 Å². The summed E-state index contributed by atoms with van der Waals surface area (Å²) in [4.78, 5) is 24.9. The van der Waals surface area contributed by atoms with E-state index in [-0.39, 0.29) is 5.91 Å². The lowest BCUT2D eigenvalue weighted by Gasteiger charge is -2.42. The summed E-state index contributed by atoms with van der Waals surface area (Å²) >= 11 is 0. The Bertz CT molecular complexity index is 873. The highest BCUT2D eigenvalue weighted by molar-refractivity contribution is 5.82. The fourth-order valence-corrected chi connectivity index (χ4v) is 4.86. The van der Waals surface area contributed by atoms with Crippen LogP contribution in [0, 0.1) is 20.8 Å². The number of hydrogen-bond donors (Lipinski definition) is 0. The van der Waals surface area contributed by atoms with E-state index in [4.69, 9.17) is 0 Å². The Morgan fingerprint density at radius 1 is 1.00 bits per heavy atom. The van der Waals surface area contributed by atoms with Crippen LogP contribution in [0.15, 0.2) is 12.1 Å². The second-order valence-electron chi connectivity index (χ2n) is 8.75. The molecule has 0 N–H and O–H groups in total. The second-order valence-corrected chi connectivity index (χ2v) is 8.75. The molecule has 2 aliphatic rings. The van der Waals surface area contributed by atoms with Gasteiger partial charge >= 0.3 is 0 Å². The van der Waals surface area contributed by atoms with Crippen molar-refractivity contribution in [3.05, 3.63) is 29.1 Å². The first kappa shape index (κ1) is 20.4. The maximum Gasteiger partial charge on any atom is 0.242 e.